The molecule has 2 aliphatic carbocycles. The molecular weight excluding hydrogens is 725 g/mol. The van der Waals surface area contributed by atoms with Crippen molar-refractivity contribution in [2.75, 3.05) is 11.9 Å². The smallest absolute Gasteiger partial charge is 0.407 e. The van der Waals surface area contributed by atoms with Crippen molar-refractivity contribution in [1.82, 2.24) is 41.6 Å². The molecule has 7 N–H and O–H groups in total. The van der Waals surface area contributed by atoms with Crippen LogP contribution in [0.5, 0.6) is 0 Å². The Morgan fingerprint density at radius 1 is 0.877 bits per heavy atom. The number of H-pyrrole nitrogens is 1. The number of carbonyl (C=O) groups is 4. The summed E-state index contributed by atoms with van der Waals surface area (Å²) in [4.78, 5) is 57.3. The molecule has 0 aliphatic heterocycles. The highest BCUT2D eigenvalue weighted by atomic mass is 16.6. The van der Waals surface area contributed by atoms with Gasteiger partial charge in [-0.1, -0.05) is 30.3 Å². The number of aryl methyl sites for hydroxylation is 1. The number of nitrogens with zero attached hydrogens (tertiary/aromatic N) is 4. The molecule has 57 heavy (non-hydrogen) atoms. The molecule has 15 heteroatoms. The van der Waals surface area contributed by atoms with Crippen LogP contribution in [0.3, 0.4) is 0 Å². The summed E-state index contributed by atoms with van der Waals surface area (Å²) in [7, 11) is 0. The molecule has 0 saturated heterocycles. The average molecular weight is 779 g/mol. The first-order valence-electron chi connectivity index (χ1n) is 19.8. The lowest BCUT2D eigenvalue weighted by Crippen LogP contribution is -2.48. The molecule has 0 radical (unpaired) electrons. The molecule has 2 heterocycles. The highest BCUT2D eigenvalue weighted by Gasteiger charge is 2.30. The molecule has 0 unspecified atom stereocenters. The molecular formula is C42H54N10O5. The van der Waals surface area contributed by atoms with E-state index in [0.717, 1.165) is 66.5 Å². The fourth-order valence-corrected chi connectivity index (χ4v) is 7.46. The van der Waals surface area contributed by atoms with Crippen molar-refractivity contribution in [3.05, 3.63) is 77.6 Å². The van der Waals surface area contributed by atoms with E-state index in [0.29, 0.717) is 36.6 Å². The Bertz CT molecular complexity index is 1980. The number of rotatable bonds is 12. The number of hydrogen-bond acceptors (Lipinski definition) is 10. The summed E-state index contributed by atoms with van der Waals surface area (Å²) in [6.07, 6.45) is 6.21. The lowest BCUT2D eigenvalue weighted by atomic mass is 9.81. The third kappa shape index (κ3) is 11.7. The summed E-state index contributed by atoms with van der Waals surface area (Å²) in [5, 5.41) is 26.0. The highest BCUT2D eigenvalue weighted by molar-refractivity contribution is 5.98. The van der Waals surface area contributed by atoms with Gasteiger partial charge < -0.3 is 31.7 Å². The van der Waals surface area contributed by atoms with E-state index < -0.39 is 17.7 Å². The Kier molecular flexibility index (Phi) is 13.3. The Balaban J connectivity index is 1.10. The van der Waals surface area contributed by atoms with Crippen LogP contribution in [0, 0.1) is 18.8 Å². The third-order valence-corrected chi connectivity index (χ3v) is 10.7. The minimum Gasteiger partial charge on any atom is -0.444 e. The van der Waals surface area contributed by atoms with Crippen molar-refractivity contribution in [3.8, 4) is 22.5 Å². The first-order chi connectivity index (χ1) is 27.3. The number of alkyl carbamates (subject to hydrolysis) is 1. The number of hydrogen-bond donors (Lipinski definition) is 6. The van der Waals surface area contributed by atoms with Crippen molar-refractivity contribution < 1.29 is 23.9 Å². The Morgan fingerprint density at radius 3 is 2.19 bits per heavy atom. The highest BCUT2D eigenvalue weighted by Crippen LogP contribution is 2.29. The number of aromatic nitrogens is 5. The zero-order valence-electron chi connectivity index (χ0n) is 33.1. The van der Waals surface area contributed by atoms with E-state index in [1.54, 1.807) is 30.3 Å². The number of aromatic amines is 1. The van der Waals surface area contributed by atoms with E-state index >= 15 is 0 Å². The number of benzene rings is 2. The second-order valence-corrected chi connectivity index (χ2v) is 16.3. The molecule has 2 aromatic carbocycles. The molecule has 2 saturated carbocycles. The number of nitrogens with one attached hydrogen (secondary N) is 5. The van der Waals surface area contributed by atoms with Gasteiger partial charge in [-0.05, 0) is 132 Å². The van der Waals surface area contributed by atoms with E-state index in [2.05, 4.69) is 46.9 Å². The summed E-state index contributed by atoms with van der Waals surface area (Å²) in [6.45, 7) is 7.84. The number of tetrazole rings is 1. The van der Waals surface area contributed by atoms with Crippen LogP contribution in [0.15, 0.2) is 60.7 Å². The van der Waals surface area contributed by atoms with Crippen LogP contribution in [-0.4, -0.2) is 79.7 Å². The molecule has 15 nitrogen and oxygen atoms in total. The standard InChI is InChI=1S/C42H54N10O5/c1-25-34(21-22-35(45-25)39(54)46-33-19-15-31(43)16-20-33)28-9-5-26(6-10-28)23-36(40(55)47-32-17-13-29(14-18-32)37-49-51-52-50-37)48-38(53)30-11-7-27(8-12-30)24-44-41(56)57-42(2,3)4/h5-6,9-10,13-14,17-18,21-22,27,30-31,33,36H,7-8,11-12,15-16,19-20,23-24,43H2,1-4H3,(H,44,56)(H,46,54)(H,47,55)(H,48,53)(H,49,50,51,52)/t27?,30?,31?,33?,36-/m0/s1. The summed E-state index contributed by atoms with van der Waals surface area (Å²) < 4.78 is 5.36. The fraction of sp³-hybridized carbons (Fsp3) is 0.476. The first kappa shape index (κ1) is 40.9. The molecule has 0 bridgehead atoms. The third-order valence-electron chi connectivity index (χ3n) is 10.7. The maximum atomic E-state index is 13.8. The number of anilines is 1. The van der Waals surface area contributed by atoms with Gasteiger partial charge in [0.25, 0.3) is 5.91 Å². The van der Waals surface area contributed by atoms with Crippen LogP contribution < -0.4 is 27.0 Å². The van der Waals surface area contributed by atoms with Gasteiger partial charge in [-0.3, -0.25) is 14.4 Å². The lowest BCUT2D eigenvalue weighted by molar-refractivity contribution is -0.130. The van der Waals surface area contributed by atoms with Crippen molar-refractivity contribution in [1.29, 1.82) is 0 Å². The average Bonchev–Trinajstić information content (AvgIpc) is 3.73. The second-order valence-electron chi connectivity index (χ2n) is 16.3. The summed E-state index contributed by atoms with van der Waals surface area (Å²) >= 11 is 0. The summed E-state index contributed by atoms with van der Waals surface area (Å²) in [5.41, 5.74) is 10.5. The van der Waals surface area contributed by atoms with Gasteiger partial charge in [-0.15, -0.1) is 10.2 Å². The van der Waals surface area contributed by atoms with Crippen molar-refractivity contribution >= 4 is 29.5 Å². The van der Waals surface area contributed by atoms with Crippen LogP contribution in [0.4, 0.5) is 10.5 Å². The minimum absolute atomic E-state index is 0.112. The normalized spacial score (nSPS) is 20.2. The lowest BCUT2D eigenvalue weighted by Gasteiger charge is -2.29. The van der Waals surface area contributed by atoms with E-state index in [1.165, 1.54) is 0 Å². The van der Waals surface area contributed by atoms with Gasteiger partial charge in [0.1, 0.15) is 17.3 Å². The topological polar surface area (TPSA) is 219 Å². The van der Waals surface area contributed by atoms with Gasteiger partial charge in [0.05, 0.1) is 0 Å². The molecule has 2 aliphatic rings. The van der Waals surface area contributed by atoms with Gasteiger partial charge >= 0.3 is 6.09 Å². The van der Waals surface area contributed by atoms with Crippen LogP contribution in [-0.2, 0) is 20.7 Å². The molecule has 2 aromatic heterocycles. The molecule has 0 spiro atoms. The molecule has 1 atom stereocenters. The van der Waals surface area contributed by atoms with Gasteiger partial charge in [0.2, 0.25) is 17.6 Å². The summed E-state index contributed by atoms with van der Waals surface area (Å²) in [6, 6.07) is 18.0. The van der Waals surface area contributed by atoms with Gasteiger partial charge in [-0.25, -0.2) is 9.78 Å². The number of carbonyl (C=O) groups excluding carboxylic acids is 4. The first-order valence-corrected chi connectivity index (χ1v) is 19.8. The van der Waals surface area contributed by atoms with E-state index in [-0.39, 0.29) is 48.1 Å². The van der Waals surface area contributed by atoms with Crippen LogP contribution in [0.25, 0.3) is 22.5 Å². The van der Waals surface area contributed by atoms with Gasteiger partial charge in [-0.2, -0.15) is 5.21 Å². The predicted octanol–water partition coefficient (Wildman–Crippen LogP) is 5.23. The second kappa shape index (κ2) is 18.5. The van der Waals surface area contributed by atoms with E-state index in [1.807, 2.05) is 58.0 Å². The number of ether oxygens (including phenoxy) is 1. The monoisotopic (exact) mass is 778 g/mol. The number of nitrogens with two attached hydrogens (primary N) is 1. The number of amides is 4. The van der Waals surface area contributed by atoms with Crippen LogP contribution in [0.2, 0.25) is 0 Å². The Hall–Kier alpha value is -5.70. The predicted molar refractivity (Wildman–Crippen MR) is 216 cm³/mol. The molecule has 6 rings (SSSR count). The van der Waals surface area contributed by atoms with Crippen molar-refractivity contribution in [2.45, 2.75) is 109 Å². The van der Waals surface area contributed by atoms with Gasteiger partial charge in [0.15, 0.2) is 0 Å². The maximum absolute atomic E-state index is 13.8. The van der Waals surface area contributed by atoms with Crippen molar-refractivity contribution in [3.63, 3.8) is 0 Å². The largest absolute Gasteiger partial charge is 0.444 e. The SMILES string of the molecule is Cc1nc(C(=O)NC2CCC(N)CC2)ccc1-c1ccc(C[C@H](NC(=O)C2CCC(CNC(=O)OC(C)(C)C)CC2)C(=O)Nc2ccc(-c3nn[nH]n3)cc2)cc1. The van der Waals surface area contributed by atoms with Crippen molar-refractivity contribution in [2.24, 2.45) is 17.6 Å². The van der Waals surface area contributed by atoms with E-state index in [4.69, 9.17) is 10.5 Å². The quantitative estimate of drug-likeness (QED) is 0.110. The fourth-order valence-electron chi connectivity index (χ4n) is 7.46. The molecule has 4 amide bonds. The van der Waals surface area contributed by atoms with Crippen LogP contribution in [0.1, 0.15) is 93.9 Å². The number of pyridine rings is 1. The molecule has 302 valence electrons. The van der Waals surface area contributed by atoms with Gasteiger partial charge in [0, 0.05) is 53.5 Å². The molecule has 4 aromatic rings. The maximum Gasteiger partial charge on any atom is 0.407 e. The van der Waals surface area contributed by atoms with Crippen LogP contribution >= 0.6 is 0 Å². The zero-order valence-corrected chi connectivity index (χ0v) is 33.1. The molecule has 2 fully saturated rings. The Labute approximate surface area is 333 Å². The van der Waals surface area contributed by atoms with E-state index in [9.17, 15) is 19.2 Å². The summed E-state index contributed by atoms with van der Waals surface area (Å²) in [5.74, 6) is -0.280. The zero-order chi connectivity index (χ0) is 40.5. The Morgan fingerprint density at radius 2 is 1.56 bits per heavy atom. The minimum atomic E-state index is -0.854.